The van der Waals surface area contributed by atoms with Gasteiger partial charge in [0, 0.05) is 30.8 Å². The first-order chi connectivity index (χ1) is 21.2. The fourth-order valence-corrected chi connectivity index (χ4v) is 7.46. The van der Waals surface area contributed by atoms with E-state index in [-0.39, 0.29) is 76.5 Å². The quantitative estimate of drug-likeness (QED) is 0.274. The van der Waals surface area contributed by atoms with Crippen molar-refractivity contribution < 1.29 is 46.1 Å². The van der Waals surface area contributed by atoms with Crippen LogP contribution in [-0.4, -0.2) is 92.0 Å². The summed E-state index contributed by atoms with van der Waals surface area (Å²) in [4.78, 5) is 17.8. The number of aryl methyl sites for hydroxylation is 2. The number of ether oxygens (including phenoxy) is 2. The summed E-state index contributed by atoms with van der Waals surface area (Å²) < 4.78 is 76.5. The molecule has 2 aliphatic heterocycles. The molecule has 2 heterocycles. The predicted octanol–water partition coefficient (Wildman–Crippen LogP) is 3.86. The minimum atomic E-state index is -4.14. The van der Waals surface area contributed by atoms with Crippen molar-refractivity contribution in [3.63, 3.8) is 0 Å². The Morgan fingerprint density at radius 3 is 2.38 bits per heavy atom. The molecule has 0 radical (unpaired) electrons. The van der Waals surface area contributed by atoms with Crippen molar-refractivity contribution in [3.05, 3.63) is 34.2 Å². The average molecular weight is 660 g/mol. The first-order valence-corrected chi connectivity index (χ1v) is 17.0. The smallest absolute Gasteiger partial charge is 0.389 e. The van der Waals surface area contributed by atoms with Crippen LogP contribution in [0.3, 0.4) is 0 Å². The zero-order valence-corrected chi connectivity index (χ0v) is 26.6. The summed E-state index contributed by atoms with van der Waals surface area (Å²) in [5, 5.41) is 22.2. The van der Waals surface area contributed by atoms with Crippen LogP contribution in [0.1, 0.15) is 68.1 Å². The number of hydrogen-bond acceptors (Lipinski definition) is 8. The van der Waals surface area contributed by atoms with Crippen LogP contribution in [-0.2, 0) is 19.6 Å². The average Bonchev–Trinajstić information content (AvgIpc) is 3.30. The number of alkyl halides is 3. The second-order valence-electron chi connectivity index (χ2n) is 12.3. The lowest BCUT2D eigenvalue weighted by atomic mass is 9.79. The van der Waals surface area contributed by atoms with E-state index >= 15 is 0 Å². The van der Waals surface area contributed by atoms with Crippen LogP contribution in [0, 0.1) is 25.7 Å². The molecule has 1 saturated heterocycles. The van der Waals surface area contributed by atoms with Gasteiger partial charge in [-0.25, -0.2) is 8.42 Å². The van der Waals surface area contributed by atoms with Gasteiger partial charge in [-0.05, 0) is 99.6 Å². The molecule has 1 amide bonds. The maximum atomic E-state index is 13.2. The van der Waals surface area contributed by atoms with Gasteiger partial charge in [0.05, 0.1) is 19.8 Å². The maximum Gasteiger partial charge on any atom is 0.389 e. The van der Waals surface area contributed by atoms with Gasteiger partial charge < -0.3 is 25.0 Å². The zero-order chi connectivity index (χ0) is 32.8. The lowest BCUT2D eigenvalue weighted by Crippen LogP contribution is -2.50. The van der Waals surface area contributed by atoms with Crippen molar-refractivity contribution in [2.75, 3.05) is 39.5 Å². The van der Waals surface area contributed by atoms with Crippen molar-refractivity contribution in [1.29, 1.82) is 0 Å². The molecule has 3 N–H and O–H groups in total. The van der Waals surface area contributed by atoms with Crippen LogP contribution in [0.2, 0.25) is 0 Å². The van der Waals surface area contributed by atoms with Gasteiger partial charge in [-0.2, -0.15) is 17.5 Å². The Morgan fingerprint density at radius 1 is 1.13 bits per heavy atom. The number of piperidine rings is 1. The zero-order valence-electron chi connectivity index (χ0n) is 25.8. The Morgan fingerprint density at radius 2 is 1.78 bits per heavy atom. The number of rotatable bonds is 13. The van der Waals surface area contributed by atoms with Crippen molar-refractivity contribution >= 4 is 27.8 Å². The number of amidine groups is 1. The summed E-state index contributed by atoms with van der Waals surface area (Å²) in [7, 11) is -3.77. The number of carbonyl (C=O) groups is 1. The molecule has 14 heteroatoms. The summed E-state index contributed by atoms with van der Waals surface area (Å²) >= 11 is 0. The summed E-state index contributed by atoms with van der Waals surface area (Å²) in [6.07, 6.45) is -0.940. The van der Waals surface area contributed by atoms with Crippen LogP contribution < -0.4 is 10.1 Å². The molecule has 1 aliphatic carbocycles. The molecule has 1 saturated carbocycles. The SMILES string of the molecule is Cc1cc(OCCOC[C@@H](O)CO)cc(C)c1C=CS(=O)(=O)N1CCC2(CC1)N=C(C1CCC(CCC(F)(F)F)CC1)NC2=O. The second kappa shape index (κ2) is 14.9. The van der Waals surface area contributed by atoms with Crippen LogP contribution in [0.4, 0.5) is 13.2 Å². The molecular formula is C31H44F3N3O7S. The van der Waals surface area contributed by atoms with Gasteiger partial charge in [-0.1, -0.05) is 0 Å². The highest BCUT2D eigenvalue weighted by molar-refractivity contribution is 7.92. The number of aliphatic hydroxyl groups excluding tert-OH is 2. The largest absolute Gasteiger partial charge is 0.491 e. The van der Waals surface area contributed by atoms with Crippen LogP contribution in [0.25, 0.3) is 6.08 Å². The normalized spacial score (nSPS) is 23.4. The molecule has 4 rings (SSSR count). The second-order valence-corrected chi connectivity index (χ2v) is 14.2. The fraction of sp³-hybridized carbons (Fsp3) is 0.677. The molecule has 0 bridgehead atoms. The third-order valence-electron chi connectivity index (χ3n) is 8.97. The van der Waals surface area contributed by atoms with Crippen LogP contribution in [0.5, 0.6) is 5.75 Å². The highest BCUT2D eigenvalue weighted by atomic mass is 32.2. The van der Waals surface area contributed by atoms with E-state index in [1.54, 1.807) is 18.2 Å². The summed E-state index contributed by atoms with van der Waals surface area (Å²) in [5.74, 6) is 0.994. The standard InChI is InChI=1S/C31H44F3N3O7S/c1-21-17-26(44-15-14-43-20-25(39)19-38)18-22(2)27(21)8-16-45(41,42)37-12-10-30(11-13-37)29(40)35-28(36-30)24-5-3-23(4-6-24)7-9-31(32,33)34/h8,16-18,23-25,38-39H,3-7,9-15,19-20H2,1-2H3,(H,35,36,40)/t23?,24?,25-/m0/s1. The number of amides is 1. The van der Waals surface area contributed by atoms with Gasteiger partial charge >= 0.3 is 6.18 Å². The lowest BCUT2D eigenvalue weighted by Gasteiger charge is -2.34. The monoisotopic (exact) mass is 659 g/mol. The first-order valence-electron chi connectivity index (χ1n) is 15.5. The van der Waals surface area contributed by atoms with E-state index in [0.29, 0.717) is 37.3 Å². The highest BCUT2D eigenvalue weighted by Gasteiger charge is 2.48. The Kier molecular flexibility index (Phi) is 11.7. The summed E-state index contributed by atoms with van der Waals surface area (Å²) in [5.41, 5.74) is 1.39. The number of benzene rings is 1. The number of halogens is 3. The number of aliphatic hydroxyl groups is 2. The number of nitrogens with one attached hydrogen (secondary N) is 1. The topological polar surface area (TPSA) is 138 Å². The van der Waals surface area contributed by atoms with Crippen LogP contribution >= 0.6 is 0 Å². The molecule has 1 spiro atoms. The van der Waals surface area contributed by atoms with Crippen molar-refractivity contribution in [2.24, 2.45) is 16.8 Å². The first kappa shape index (κ1) is 35.3. The van der Waals surface area contributed by atoms with E-state index in [1.165, 1.54) is 9.71 Å². The molecule has 1 atom stereocenters. The maximum absolute atomic E-state index is 13.2. The molecule has 1 aromatic rings. The molecule has 3 aliphatic rings. The molecule has 45 heavy (non-hydrogen) atoms. The van der Waals surface area contributed by atoms with Crippen LogP contribution in [0.15, 0.2) is 22.5 Å². The van der Waals surface area contributed by atoms with Gasteiger partial charge in [0.2, 0.25) is 10.0 Å². The third kappa shape index (κ3) is 9.50. The summed E-state index contributed by atoms with van der Waals surface area (Å²) in [6.45, 7) is 4.10. The molecule has 2 fully saturated rings. The van der Waals surface area contributed by atoms with Gasteiger partial charge in [0.1, 0.15) is 29.8 Å². The van der Waals surface area contributed by atoms with Gasteiger partial charge in [-0.3, -0.25) is 9.79 Å². The molecule has 1 aromatic carbocycles. The van der Waals surface area contributed by atoms with E-state index in [0.717, 1.165) is 16.7 Å². The highest BCUT2D eigenvalue weighted by Crippen LogP contribution is 2.38. The number of sulfonamides is 1. The van der Waals surface area contributed by atoms with Crippen molar-refractivity contribution in [3.8, 4) is 5.75 Å². The van der Waals surface area contributed by atoms with E-state index in [2.05, 4.69) is 5.32 Å². The predicted molar refractivity (Wildman–Crippen MR) is 163 cm³/mol. The van der Waals surface area contributed by atoms with Gasteiger partial charge in [-0.15, -0.1) is 0 Å². The number of aliphatic imine (C=N–C) groups is 1. The van der Waals surface area contributed by atoms with E-state index in [9.17, 15) is 31.5 Å². The number of hydrogen-bond donors (Lipinski definition) is 3. The van der Waals surface area contributed by atoms with E-state index in [1.807, 2.05) is 13.8 Å². The van der Waals surface area contributed by atoms with Gasteiger partial charge in [0.25, 0.3) is 5.91 Å². The Balaban J connectivity index is 1.29. The molecule has 0 aromatic heterocycles. The van der Waals surface area contributed by atoms with Crippen molar-refractivity contribution in [2.45, 2.75) is 83.0 Å². The molecule has 10 nitrogen and oxygen atoms in total. The Labute approximate surface area is 262 Å². The van der Waals surface area contributed by atoms with Crippen molar-refractivity contribution in [1.82, 2.24) is 9.62 Å². The van der Waals surface area contributed by atoms with E-state index in [4.69, 9.17) is 19.6 Å². The fourth-order valence-electron chi connectivity index (χ4n) is 6.29. The third-order valence-corrected chi connectivity index (χ3v) is 10.5. The Bertz CT molecular complexity index is 1330. The lowest BCUT2D eigenvalue weighted by molar-refractivity contribution is -0.138. The minimum absolute atomic E-state index is 0.00245. The van der Waals surface area contributed by atoms with Gasteiger partial charge in [0.15, 0.2) is 0 Å². The van der Waals surface area contributed by atoms with E-state index < -0.39 is 34.3 Å². The number of carbonyl (C=O) groups excluding carboxylic acids is 1. The molecular weight excluding hydrogens is 615 g/mol. The summed E-state index contributed by atoms with van der Waals surface area (Å²) in [6, 6.07) is 3.60. The molecule has 252 valence electrons. The minimum Gasteiger partial charge on any atom is -0.491 e. The Hall–Kier alpha value is -2.52. The molecule has 0 unspecified atom stereocenters. The number of nitrogens with zero attached hydrogens (tertiary/aromatic N) is 2.